The fourth-order valence-corrected chi connectivity index (χ4v) is 1.41. The minimum absolute atomic E-state index is 0.704. The molecule has 98 valence electrons. The Morgan fingerprint density at radius 2 is 1.44 bits per heavy atom. The van der Waals surface area contributed by atoms with Crippen LogP contribution in [0.25, 0.3) is 0 Å². The maximum absolute atomic E-state index is 5.58. The van der Waals surface area contributed by atoms with Crippen LogP contribution in [0.5, 0.6) is 0 Å². The topological polar surface area (TPSA) is 21.7 Å². The SMILES string of the molecule is CN(C)CCOCCOCCCCCCCl. The predicted molar refractivity (Wildman–Crippen MR) is 69.4 cm³/mol. The van der Waals surface area contributed by atoms with Crippen LogP contribution >= 0.6 is 11.6 Å². The first kappa shape index (κ1) is 16.2. The van der Waals surface area contributed by atoms with Gasteiger partial charge in [-0.2, -0.15) is 0 Å². The molecule has 0 fully saturated rings. The summed E-state index contributed by atoms with van der Waals surface area (Å²) in [6, 6.07) is 0. The molecule has 0 aliphatic heterocycles. The monoisotopic (exact) mass is 251 g/mol. The van der Waals surface area contributed by atoms with Gasteiger partial charge in [-0.1, -0.05) is 12.8 Å². The second-order valence-corrected chi connectivity index (χ2v) is 4.51. The van der Waals surface area contributed by atoms with Crippen LogP contribution in [0.4, 0.5) is 0 Å². The Morgan fingerprint density at radius 3 is 2.06 bits per heavy atom. The highest BCUT2D eigenvalue weighted by molar-refractivity contribution is 6.17. The second kappa shape index (κ2) is 13.2. The summed E-state index contributed by atoms with van der Waals surface area (Å²) in [5.74, 6) is 0.778. The zero-order valence-corrected chi connectivity index (χ0v) is 11.5. The summed E-state index contributed by atoms with van der Waals surface area (Å²) in [4.78, 5) is 2.11. The lowest BCUT2D eigenvalue weighted by atomic mass is 10.2. The van der Waals surface area contributed by atoms with Crippen LogP contribution in [0.2, 0.25) is 0 Å². The molecule has 0 radical (unpaired) electrons. The molecule has 0 aromatic rings. The molecule has 0 aromatic carbocycles. The average Bonchev–Trinajstić information content (AvgIpc) is 2.25. The van der Waals surface area contributed by atoms with E-state index in [0.717, 1.165) is 38.5 Å². The summed E-state index contributed by atoms with van der Waals surface area (Å²) >= 11 is 5.58. The molecule has 0 heterocycles. The smallest absolute Gasteiger partial charge is 0.0701 e. The molecule has 0 unspecified atom stereocenters. The molecular weight excluding hydrogens is 226 g/mol. The molecule has 0 spiro atoms. The van der Waals surface area contributed by atoms with E-state index in [2.05, 4.69) is 4.90 Å². The summed E-state index contributed by atoms with van der Waals surface area (Å²) in [7, 11) is 4.08. The number of ether oxygens (including phenoxy) is 2. The molecular formula is C12H26ClNO2. The Morgan fingerprint density at radius 1 is 0.812 bits per heavy atom. The fraction of sp³-hybridized carbons (Fsp3) is 1.00. The molecule has 0 N–H and O–H groups in total. The third-order valence-electron chi connectivity index (χ3n) is 2.23. The average molecular weight is 252 g/mol. The highest BCUT2D eigenvalue weighted by Gasteiger charge is 1.93. The summed E-state index contributed by atoms with van der Waals surface area (Å²) in [5.41, 5.74) is 0. The van der Waals surface area contributed by atoms with E-state index in [4.69, 9.17) is 21.1 Å². The van der Waals surface area contributed by atoms with E-state index in [0.29, 0.717) is 13.2 Å². The molecule has 0 atom stereocenters. The molecule has 0 aromatic heterocycles. The quantitative estimate of drug-likeness (QED) is 0.393. The first-order chi connectivity index (χ1) is 7.77. The van der Waals surface area contributed by atoms with Crippen molar-refractivity contribution in [1.29, 1.82) is 0 Å². The van der Waals surface area contributed by atoms with Gasteiger partial charge in [0.1, 0.15) is 0 Å². The van der Waals surface area contributed by atoms with Crippen LogP contribution in [-0.4, -0.2) is 57.8 Å². The Labute approximate surface area is 105 Å². The van der Waals surface area contributed by atoms with E-state index >= 15 is 0 Å². The predicted octanol–water partition coefficient (Wildman–Crippen LogP) is 2.38. The lowest BCUT2D eigenvalue weighted by Gasteiger charge is -2.09. The number of hydrogen-bond acceptors (Lipinski definition) is 3. The van der Waals surface area contributed by atoms with Gasteiger partial charge in [0, 0.05) is 19.0 Å². The van der Waals surface area contributed by atoms with Crippen LogP contribution in [-0.2, 0) is 9.47 Å². The molecule has 0 rings (SSSR count). The van der Waals surface area contributed by atoms with Crippen molar-refractivity contribution in [3.05, 3.63) is 0 Å². The molecule has 0 amide bonds. The maximum Gasteiger partial charge on any atom is 0.0701 e. The van der Waals surface area contributed by atoms with Crippen LogP contribution in [0.15, 0.2) is 0 Å². The first-order valence-corrected chi connectivity index (χ1v) is 6.67. The van der Waals surface area contributed by atoms with E-state index < -0.39 is 0 Å². The zero-order valence-electron chi connectivity index (χ0n) is 10.7. The standard InChI is InChI=1S/C12H26ClNO2/c1-14(2)8-10-16-12-11-15-9-6-4-3-5-7-13/h3-12H2,1-2H3. The van der Waals surface area contributed by atoms with Gasteiger partial charge in [-0.05, 0) is 26.9 Å². The normalized spacial score (nSPS) is 11.2. The summed E-state index contributed by atoms with van der Waals surface area (Å²) < 4.78 is 10.9. The lowest BCUT2D eigenvalue weighted by molar-refractivity contribution is 0.0414. The van der Waals surface area contributed by atoms with Gasteiger partial charge in [0.25, 0.3) is 0 Å². The third-order valence-corrected chi connectivity index (χ3v) is 2.49. The molecule has 4 heteroatoms. The zero-order chi connectivity index (χ0) is 12.1. The molecule has 0 aliphatic carbocycles. The van der Waals surface area contributed by atoms with Crippen molar-refractivity contribution in [3.8, 4) is 0 Å². The van der Waals surface area contributed by atoms with Crippen molar-refractivity contribution >= 4 is 11.6 Å². The minimum Gasteiger partial charge on any atom is -0.379 e. The van der Waals surface area contributed by atoms with Crippen molar-refractivity contribution in [2.75, 3.05) is 52.9 Å². The lowest BCUT2D eigenvalue weighted by Crippen LogP contribution is -2.19. The molecule has 0 aliphatic rings. The van der Waals surface area contributed by atoms with Crippen LogP contribution in [0.1, 0.15) is 25.7 Å². The second-order valence-electron chi connectivity index (χ2n) is 4.13. The molecule has 0 bridgehead atoms. The summed E-state index contributed by atoms with van der Waals surface area (Å²) in [6.45, 7) is 4.02. The van der Waals surface area contributed by atoms with Crippen molar-refractivity contribution in [1.82, 2.24) is 4.90 Å². The van der Waals surface area contributed by atoms with Crippen molar-refractivity contribution < 1.29 is 9.47 Å². The Kier molecular flexibility index (Phi) is 13.4. The Bertz CT molecular complexity index is 134. The molecule has 16 heavy (non-hydrogen) atoms. The van der Waals surface area contributed by atoms with Gasteiger partial charge < -0.3 is 14.4 Å². The maximum atomic E-state index is 5.58. The van der Waals surface area contributed by atoms with E-state index in [1.807, 2.05) is 14.1 Å². The summed E-state index contributed by atoms with van der Waals surface area (Å²) in [5, 5.41) is 0. The van der Waals surface area contributed by atoms with Crippen LogP contribution in [0.3, 0.4) is 0 Å². The molecule has 0 saturated heterocycles. The van der Waals surface area contributed by atoms with Gasteiger partial charge >= 0.3 is 0 Å². The van der Waals surface area contributed by atoms with E-state index in [-0.39, 0.29) is 0 Å². The Hall–Kier alpha value is 0.170. The number of likely N-dealkylation sites (N-methyl/N-ethyl adjacent to an activating group) is 1. The van der Waals surface area contributed by atoms with Gasteiger partial charge in [-0.15, -0.1) is 11.6 Å². The van der Waals surface area contributed by atoms with Crippen LogP contribution < -0.4 is 0 Å². The van der Waals surface area contributed by atoms with Gasteiger partial charge in [-0.3, -0.25) is 0 Å². The minimum atomic E-state index is 0.704. The number of hydrogen-bond donors (Lipinski definition) is 0. The molecule has 3 nitrogen and oxygen atoms in total. The van der Waals surface area contributed by atoms with Crippen molar-refractivity contribution in [3.63, 3.8) is 0 Å². The highest BCUT2D eigenvalue weighted by atomic mass is 35.5. The van der Waals surface area contributed by atoms with Crippen LogP contribution in [0, 0.1) is 0 Å². The molecule has 0 saturated carbocycles. The van der Waals surface area contributed by atoms with Gasteiger partial charge in [0.05, 0.1) is 19.8 Å². The first-order valence-electron chi connectivity index (χ1n) is 6.13. The van der Waals surface area contributed by atoms with Gasteiger partial charge in [0.2, 0.25) is 0 Å². The van der Waals surface area contributed by atoms with E-state index in [1.165, 1.54) is 12.8 Å². The van der Waals surface area contributed by atoms with E-state index in [9.17, 15) is 0 Å². The number of alkyl halides is 1. The number of rotatable bonds is 12. The highest BCUT2D eigenvalue weighted by Crippen LogP contribution is 2.00. The number of unbranched alkanes of at least 4 members (excludes halogenated alkanes) is 3. The van der Waals surface area contributed by atoms with Gasteiger partial charge in [-0.25, -0.2) is 0 Å². The summed E-state index contributed by atoms with van der Waals surface area (Å²) in [6.07, 6.45) is 4.68. The number of nitrogens with zero attached hydrogens (tertiary/aromatic N) is 1. The Balaban J connectivity index is 2.88. The van der Waals surface area contributed by atoms with Gasteiger partial charge in [0.15, 0.2) is 0 Å². The van der Waals surface area contributed by atoms with Crippen molar-refractivity contribution in [2.45, 2.75) is 25.7 Å². The van der Waals surface area contributed by atoms with E-state index in [1.54, 1.807) is 0 Å². The third kappa shape index (κ3) is 14.2. The number of halogens is 1. The van der Waals surface area contributed by atoms with Crippen molar-refractivity contribution in [2.24, 2.45) is 0 Å². The largest absolute Gasteiger partial charge is 0.379 e. The fourth-order valence-electron chi connectivity index (χ4n) is 1.22.